The summed E-state index contributed by atoms with van der Waals surface area (Å²) in [4.78, 5) is 226. The van der Waals surface area contributed by atoms with Gasteiger partial charge in [-0.25, -0.2) is 76.7 Å². The van der Waals surface area contributed by atoms with Crippen LogP contribution in [-0.2, 0) is 208 Å². The van der Waals surface area contributed by atoms with Crippen LogP contribution in [0.1, 0.15) is 161 Å². The number of aliphatic carboxylic acids is 2. The summed E-state index contributed by atoms with van der Waals surface area (Å²) in [6, 6.07) is 36.4. The first-order chi connectivity index (χ1) is 58.7. The minimum Gasteiger partial charge on any atom is -0.479 e. The zero-order valence-electron chi connectivity index (χ0n) is 72.9. The summed E-state index contributed by atoms with van der Waals surface area (Å²) in [5.74, 6) is -17.4. The SMILES string of the molecule is CC(=O)O[C@@H](C)C(=O)O[C@H](C)C(=O)O.CC(=O)O[C@@H](C)C(=O)O[C@H](C)C(=O)OCc1ccccc1.CC(=O)O[C@@H](C)C(=O)O[C@H](C)C(=O)O[C@H](C)C(=O)O[C@H](C)C(=O)O.CC(=O)O[C@@H](C)C(=O)O[C@H](C)C(=O)O[C@H](C)C(=O)O[C@H](C)C(=O)OCc1ccccc1.C[C@H](O)C(=O)O[C@H](C)C(=O)OCc1ccccc1.C[C@H](O)C(=O)O[C@H](C)C(=O)OCc1ccccc1. The summed E-state index contributed by atoms with van der Waals surface area (Å²) in [5.41, 5.74) is 3.29. The van der Waals surface area contributed by atoms with Crippen molar-refractivity contribution in [3.63, 3.8) is 0 Å². The maximum atomic E-state index is 12.1. The topological polar surface area (TPSA) is 588 Å². The van der Waals surface area contributed by atoms with Gasteiger partial charge >= 0.3 is 119 Å². The normalized spacial score (nSPS) is 14.0. The third-order valence-corrected chi connectivity index (χ3v) is 14.6. The van der Waals surface area contributed by atoms with Gasteiger partial charge in [0, 0.05) is 27.7 Å². The molecule has 0 unspecified atom stereocenters. The number of carboxylic acids is 2. The van der Waals surface area contributed by atoms with E-state index in [1.54, 1.807) is 24.3 Å². The van der Waals surface area contributed by atoms with Gasteiger partial charge in [-0.15, -0.1) is 0 Å². The number of hydrogen-bond acceptors (Lipinski definition) is 40. The van der Waals surface area contributed by atoms with Crippen LogP contribution in [0.15, 0.2) is 121 Å². The molecule has 0 heterocycles. The molecule has 0 bridgehead atoms. The molecule has 696 valence electrons. The van der Waals surface area contributed by atoms with E-state index < -0.39 is 217 Å². The highest BCUT2D eigenvalue weighted by Crippen LogP contribution is 2.14. The first kappa shape index (κ1) is 114. The van der Waals surface area contributed by atoms with Crippen molar-refractivity contribution in [1.29, 1.82) is 0 Å². The Morgan fingerprint density at radius 1 is 0.198 bits per heavy atom. The van der Waals surface area contributed by atoms with Crippen LogP contribution < -0.4 is 0 Å². The fourth-order valence-corrected chi connectivity index (χ4v) is 7.76. The highest BCUT2D eigenvalue weighted by Gasteiger charge is 2.34. The van der Waals surface area contributed by atoms with Crippen molar-refractivity contribution in [3.05, 3.63) is 144 Å². The van der Waals surface area contributed by atoms with Gasteiger partial charge in [-0.2, -0.15) is 0 Å². The van der Waals surface area contributed by atoms with Gasteiger partial charge in [-0.3, -0.25) is 19.2 Å². The van der Waals surface area contributed by atoms with Crippen molar-refractivity contribution < 1.29 is 202 Å². The third kappa shape index (κ3) is 52.5. The number of hydrogen-bond donors (Lipinski definition) is 4. The summed E-state index contributed by atoms with van der Waals surface area (Å²) in [5, 5.41) is 34.9. The largest absolute Gasteiger partial charge is 0.479 e. The molecule has 0 saturated heterocycles. The second-order valence-electron chi connectivity index (χ2n) is 26.2. The fourth-order valence-electron chi connectivity index (χ4n) is 7.76. The van der Waals surface area contributed by atoms with Crippen molar-refractivity contribution in [1.82, 2.24) is 0 Å². The van der Waals surface area contributed by atoms with E-state index in [-0.39, 0.29) is 26.4 Å². The molecule has 4 aromatic carbocycles. The Bertz CT molecular complexity index is 4100. The quantitative estimate of drug-likeness (QED) is 0.0341. The molecule has 0 radical (unpaired) electrons. The zero-order chi connectivity index (χ0) is 96.8. The molecule has 42 nitrogen and oxygen atoms in total. The average Bonchev–Trinajstić information content (AvgIpc) is 0.886. The van der Waals surface area contributed by atoms with Gasteiger partial charge in [0.15, 0.2) is 85.5 Å². The second-order valence-corrected chi connectivity index (χ2v) is 26.2. The molecule has 16 atom stereocenters. The highest BCUT2D eigenvalue weighted by molar-refractivity contribution is 5.88. The number of ether oxygens (including phenoxy) is 18. The van der Waals surface area contributed by atoms with Crippen LogP contribution in [-0.4, -0.2) is 237 Å². The number of aliphatic hydroxyl groups is 2. The van der Waals surface area contributed by atoms with Gasteiger partial charge in [0.2, 0.25) is 0 Å². The number of carbonyl (C=O) groups excluding carboxylic acids is 18. The lowest BCUT2D eigenvalue weighted by molar-refractivity contribution is -0.185. The van der Waals surface area contributed by atoms with E-state index in [4.69, 9.17) is 77.3 Å². The van der Waals surface area contributed by atoms with Crippen LogP contribution in [0.3, 0.4) is 0 Å². The van der Waals surface area contributed by atoms with Gasteiger partial charge in [0.05, 0.1) is 0 Å². The number of carboxylic acid groups (broad SMARTS) is 2. The van der Waals surface area contributed by atoms with Crippen molar-refractivity contribution in [2.75, 3.05) is 0 Å². The summed E-state index contributed by atoms with van der Waals surface area (Å²) in [6.07, 6.45) is -19.6. The first-order valence-corrected chi connectivity index (χ1v) is 38.1. The number of rotatable bonds is 38. The molecule has 0 aliphatic carbocycles. The minimum atomic E-state index is -1.40. The molecule has 0 fully saturated rings. The van der Waals surface area contributed by atoms with Gasteiger partial charge in [0.25, 0.3) is 0 Å². The Labute approximate surface area is 724 Å². The molecule has 4 N–H and O–H groups in total. The Hall–Kier alpha value is -13.8. The Balaban J connectivity index is 0. The Morgan fingerprint density at radius 2 is 0.325 bits per heavy atom. The van der Waals surface area contributed by atoms with Crippen LogP contribution in [0, 0.1) is 0 Å². The molecule has 0 aromatic heterocycles. The standard InChI is InChI=1S/C21H26O10.C15H18O6.C14H20O10.2C13H16O5.C8H12O6/c1-12(18(23)27-11-17-9-7-6-8-10-17)29-20(25)14(3)31-21(26)15(4)30-19(24)13(2)28-16(5)22;1-10(21-15(18)11(2)20-12(3)16)14(17)19-9-13-7-5-4-6-8-13;1-6(11(16)17)22-13(19)8(3)24-14(20)9(4)23-12(18)7(2)21-10(5)15;2*1-9(14)12(15)18-10(2)13(16)17-8-11-6-4-3-5-7-11;1-4(7(10)11)14-8(12)5(2)13-6(3)9/h6-10,12-15H,11H2,1-5H3;4-8,10-11H,9H2,1-3H3;6-9H,1-5H3,(H,16,17);2*3-7,9-10,14H,8H2,1-2H3;4-5H,1-3H3,(H,10,11)/t12-,13+,14-,15-;10-,11+;6-,7+,8-,9-;2*9-,10+;4-,5+/m111001/s1. The van der Waals surface area contributed by atoms with E-state index in [0.717, 1.165) is 49.9 Å². The molecular formula is C84H108O42. The molecular weight excluding hydrogens is 1680 g/mol. The van der Waals surface area contributed by atoms with Crippen LogP contribution in [0.4, 0.5) is 0 Å². The summed E-state index contributed by atoms with van der Waals surface area (Å²) in [6.45, 7) is 25.3. The molecule has 4 aromatic rings. The maximum absolute atomic E-state index is 12.1. The predicted octanol–water partition coefficient (Wildman–Crippen LogP) is 4.95. The van der Waals surface area contributed by atoms with Crippen LogP contribution in [0.2, 0.25) is 0 Å². The number of aliphatic hydroxyl groups excluding tert-OH is 2. The van der Waals surface area contributed by atoms with Gasteiger partial charge in [-0.05, 0) is 133 Å². The van der Waals surface area contributed by atoms with Crippen LogP contribution in [0.5, 0.6) is 0 Å². The first-order valence-electron chi connectivity index (χ1n) is 38.1. The highest BCUT2D eigenvalue weighted by atomic mass is 16.7. The Kier molecular flexibility index (Phi) is 55.7. The molecule has 0 aliphatic rings. The molecule has 126 heavy (non-hydrogen) atoms. The van der Waals surface area contributed by atoms with Gasteiger partial charge in [0.1, 0.15) is 38.6 Å². The Morgan fingerprint density at radius 3 is 0.460 bits per heavy atom. The van der Waals surface area contributed by atoms with Crippen molar-refractivity contribution in [3.8, 4) is 0 Å². The van der Waals surface area contributed by atoms with Gasteiger partial charge < -0.3 is 106 Å². The number of carbonyl (C=O) groups is 20. The van der Waals surface area contributed by atoms with Crippen molar-refractivity contribution in [2.24, 2.45) is 0 Å². The summed E-state index contributed by atoms with van der Waals surface area (Å²) >= 11 is 0. The summed E-state index contributed by atoms with van der Waals surface area (Å²) in [7, 11) is 0. The van der Waals surface area contributed by atoms with Gasteiger partial charge in [-0.1, -0.05) is 121 Å². The smallest absolute Gasteiger partial charge is 0.347 e. The minimum absolute atomic E-state index is 0.0146. The second kappa shape index (κ2) is 61.5. The third-order valence-electron chi connectivity index (χ3n) is 14.6. The predicted molar refractivity (Wildman–Crippen MR) is 424 cm³/mol. The molecule has 4 rings (SSSR count). The monoisotopic (exact) mass is 1790 g/mol. The van der Waals surface area contributed by atoms with E-state index >= 15 is 0 Å². The maximum Gasteiger partial charge on any atom is 0.347 e. The lowest BCUT2D eigenvalue weighted by atomic mass is 10.2. The molecule has 42 heteroatoms. The molecule has 0 amide bonds. The van der Waals surface area contributed by atoms with E-state index in [2.05, 4.69) is 28.4 Å². The number of benzene rings is 4. The van der Waals surface area contributed by atoms with Crippen molar-refractivity contribution in [2.45, 2.75) is 263 Å². The van der Waals surface area contributed by atoms with Crippen LogP contribution in [0.25, 0.3) is 0 Å². The van der Waals surface area contributed by atoms with E-state index in [0.29, 0.717) is 0 Å². The molecule has 0 saturated carbocycles. The molecule has 0 aliphatic heterocycles. The lowest BCUT2D eigenvalue weighted by Gasteiger charge is -2.19. The zero-order valence-corrected chi connectivity index (χ0v) is 72.9. The number of esters is 18. The van der Waals surface area contributed by atoms with Crippen LogP contribution >= 0.6 is 0 Å². The summed E-state index contributed by atoms with van der Waals surface area (Å²) < 4.78 is 85.8. The van der Waals surface area contributed by atoms with E-state index in [1.165, 1.54) is 111 Å². The van der Waals surface area contributed by atoms with E-state index in [9.17, 15) is 95.9 Å². The average molecular weight is 1790 g/mol. The van der Waals surface area contributed by atoms with E-state index in [1.807, 2.05) is 97.1 Å². The fraction of sp³-hybridized carbons (Fsp3) is 0.476. The lowest BCUT2D eigenvalue weighted by Crippen LogP contribution is -2.37. The molecule has 0 spiro atoms. The van der Waals surface area contributed by atoms with Crippen molar-refractivity contribution >= 4 is 119 Å².